The number of hydrogen-bond donors (Lipinski definition) is 2. The molecule has 0 heterocycles. The Hall–Kier alpha value is -0.340. The molecule has 1 rings (SSSR count). The van der Waals surface area contributed by atoms with Crippen LogP contribution in [0.5, 0.6) is 5.75 Å². The van der Waals surface area contributed by atoms with Crippen LogP contribution in [-0.4, -0.2) is 13.5 Å². The molecule has 0 amide bonds. The highest BCUT2D eigenvalue weighted by atomic mass is 127. The van der Waals surface area contributed by atoms with E-state index in [4.69, 9.17) is 10.2 Å². The lowest BCUT2D eigenvalue weighted by Crippen LogP contribution is -2.13. The van der Waals surface area contributed by atoms with Gasteiger partial charge >= 0.3 is 0 Å². The summed E-state index contributed by atoms with van der Waals surface area (Å²) in [6.07, 6.45) is 0. The minimum absolute atomic E-state index is 0.217. The number of hydrogen-bond acceptors (Lipinski definition) is 3. The molecule has 0 aliphatic heterocycles. The molecule has 0 bridgehead atoms. The van der Waals surface area contributed by atoms with Crippen LogP contribution >= 0.6 is 22.6 Å². The van der Waals surface area contributed by atoms with Crippen molar-refractivity contribution < 1.29 is 13.5 Å². The zero-order valence-corrected chi connectivity index (χ0v) is 10.8. The molecule has 0 radical (unpaired) electrons. The van der Waals surface area contributed by atoms with E-state index in [2.05, 4.69) is 0 Å². The molecule has 0 spiro atoms. The number of benzene rings is 1. The fourth-order valence-corrected chi connectivity index (χ4v) is 2.88. The second-order valence-electron chi connectivity index (χ2n) is 2.13. The van der Waals surface area contributed by atoms with Crippen molar-refractivity contribution in [1.29, 1.82) is 0 Å². The van der Waals surface area contributed by atoms with Crippen LogP contribution in [0, 0.1) is 3.57 Å². The van der Waals surface area contributed by atoms with Gasteiger partial charge in [0.2, 0.25) is 10.0 Å². The highest BCUT2D eigenvalue weighted by Crippen LogP contribution is 2.25. The lowest BCUT2D eigenvalue weighted by molar-refractivity contribution is 0.458. The first-order chi connectivity index (χ1) is 6.43. The number of primary sulfonamides is 1. The maximum Gasteiger partial charge on any atom is 0.242 e. The first kappa shape index (κ1) is 13.7. The van der Waals surface area contributed by atoms with E-state index in [-0.39, 0.29) is 10.6 Å². The van der Waals surface area contributed by atoms with Crippen molar-refractivity contribution in [3.8, 4) is 5.75 Å². The van der Waals surface area contributed by atoms with Crippen LogP contribution in [0.15, 0.2) is 23.1 Å². The standard InChI is InChI=1S/C6H6INO3S.C2H6/c7-4-2-1-3-5(9)6(4)12(8,10)11;1-2/h1-3,9H,(H2,8,10,11);1-2H3. The maximum atomic E-state index is 10.9. The molecule has 14 heavy (non-hydrogen) atoms. The minimum Gasteiger partial charge on any atom is -0.506 e. The molecule has 0 saturated carbocycles. The van der Waals surface area contributed by atoms with Crippen LogP contribution in [-0.2, 0) is 10.0 Å². The largest absolute Gasteiger partial charge is 0.506 e. The van der Waals surface area contributed by atoms with Gasteiger partial charge in [-0.15, -0.1) is 0 Å². The van der Waals surface area contributed by atoms with E-state index in [0.29, 0.717) is 3.57 Å². The number of phenols is 1. The molecule has 0 fully saturated rings. The molecular formula is C8H12INO3S. The predicted octanol–water partition coefficient (Wildman–Crippen LogP) is 1.67. The summed E-state index contributed by atoms with van der Waals surface area (Å²) >= 11 is 1.79. The Morgan fingerprint density at radius 1 is 1.36 bits per heavy atom. The maximum absolute atomic E-state index is 10.9. The summed E-state index contributed by atoms with van der Waals surface area (Å²) in [5.74, 6) is -0.315. The molecule has 0 unspecified atom stereocenters. The zero-order valence-electron chi connectivity index (χ0n) is 7.86. The molecule has 1 aromatic rings. The van der Waals surface area contributed by atoms with Crippen LogP contribution in [0.2, 0.25) is 0 Å². The third-order valence-corrected chi connectivity index (χ3v) is 3.49. The van der Waals surface area contributed by atoms with Crippen LogP contribution in [0.1, 0.15) is 13.8 Å². The van der Waals surface area contributed by atoms with Crippen molar-refractivity contribution in [2.45, 2.75) is 18.7 Å². The summed E-state index contributed by atoms with van der Waals surface area (Å²) in [5, 5.41) is 14.0. The second-order valence-corrected chi connectivity index (χ2v) is 4.79. The summed E-state index contributed by atoms with van der Waals surface area (Å²) < 4.78 is 22.2. The van der Waals surface area contributed by atoms with Gasteiger partial charge in [0, 0.05) is 3.57 Å². The Kier molecular flexibility index (Phi) is 5.38. The zero-order chi connectivity index (χ0) is 11.4. The van der Waals surface area contributed by atoms with E-state index >= 15 is 0 Å². The van der Waals surface area contributed by atoms with E-state index in [9.17, 15) is 8.42 Å². The molecule has 1 aromatic carbocycles. The summed E-state index contributed by atoms with van der Waals surface area (Å²) in [5.41, 5.74) is 0. The van der Waals surface area contributed by atoms with Gasteiger partial charge in [-0.05, 0) is 34.7 Å². The molecule has 6 heteroatoms. The van der Waals surface area contributed by atoms with Crippen molar-refractivity contribution >= 4 is 32.6 Å². The Balaban J connectivity index is 0.000000791. The van der Waals surface area contributed by atoms with Gasteiger partial charge in [-0.1, -0.05) is 19.9 Å². The average Bonchev–Trinajstić information content (AvgIpc) is 2.05. The molecule has 0 aromatic heterocycles. The van der Waals surface area contributed by atoms with E-state index in [1.807, 2.05) is 13.8 Å². The van der Waals surface area contributed by atoms with Crippen molar-refractivity contribution in [2.24, 2.45) is 5.14 Å². The fourth-order valence-electron chi connectivity index (χ4n) is 0.779. The van der Waals surface area contributed by atoms with Gasteiger partial charge in [0.25, 0.3) is 0 Å². The number of sulfonamides is 1. The quantitative estimate of drug-likeness (QED) is 0.769. The molecule has 0 aliphatic rings. The Morgan fingerprint density at radius 2 is 1.86 bits per heavy atom. The molecule has 0 atom stereocenters. The van der Waals surface area contributed by atoms with Crippen LogP contribution in [0.25, 0.3) is 0 Å². The minimum atomic E-state index is -3.82. The van der Waals surface area contributed by atoms with Gasteiger partial charge in [-0.3, -0.25) is 0 Å². The van der Waals surface area contributed by atoms with Crippen LogP contribution in [0.3, 0.4) is 0 Å². The lowest BCUT2D eigenvalue weighted by Gasteiger charge is -2.02. The Labute approximate surface area is 97.3 Å². The Bertz CT molecular complexity index is 383. The SMILES string of the molecule is CC.NS(=O)(=O)c1c(O)cccc1I. The molecule has 0 saturated heterocycles. The van der Waals surface area contributed by atoms with Crippen LogP contribution in [0.4, 0.5) is 0 Å². The van der Waals surface area contributed by atoms with E-state index < -0.39 is 10.0 Å². The summed E-state index contributed by atoms with van der Waals surface area (Å²) in [6, 6.07) is 4.38. The molecular weight excluding hydrogens is 317 g/mol. The third-order valence-electron chi connectivity index (χ3n) is 1.23. The molecule has 4 nitrogen and oxygen atoms in total. The van der Waals surface area contributed by atoms with Gasteiger partial charge < -0.3 is 5.11 Å². The molecule has 3 N–H and O–H groups in total. The predicted molar refractivity (Wildman–Crippen MR) is 63.5 cm³/mol. The number of rotatable bonds is 1. The van der Waals surface area contributed by atoms with Gasteiger partial charge in [0.05, 0.1) is 0 Å². The summed E-state index contributed by atoms with van der Waals surface area (Å²) in [7, 11) is -3.82. The first-order valence-corrected chi connectivity index (χ1v) is 6.55. The third kappa shape index (κ3) is 3.43. The number of halogens is 1. The highest BCUT2D eigenvalue weighted by molar-refractivity contribution is 14.1. The Morgan fingerprint density at radius 3 is 2.14 bits per heavy atom. The van der Waals surface area contributed by atoms with Crippen LogP contribution < -0.4 is 5.14 Å². The van der Waals surface area contributed by atoms with E-state index in [1.54, 1.807) is 34.7 Å². The van der Waals surface area contributed by atoms with E-state index in [1.165, 1.54) is 6.07 Å². The monoisotopic (exact) mass is 329 g/mol. The highest BCUT2D eigenvalue weighted by Gasteiger charge is 2.16. The number of aromatic hydroxyl groups is 1. The van der Waals surface area contributed by atoms with Gasteiger partial charge in [0.1, 0.15) is 10.6 Å². The van der Waals surface area contributed by atoms with Gasteiger partial charge in [-0.2, -0.15) is 0 Å². The first-order valence-electron chi connectivity index (χ1n) is 3.93. The normalized spacial score (nSPS) is 10.3. The molecule has 0 aliphatic carbocycles. The number of phenolic OH excluding ortho intramolecular Hbond substituents is 1. The average molecular weight is 329 g/mol. The topological polar surface area (TPSA) is 80.4 Å². The molecule has 80 valence electrons. The smallest absolute Gasteiger partial charge is 0.242 e. The number of nitrogens with two attached hydrogens (primary N) is 1. The van der Waals surface area contributed by atoms with Gasteiger partial charge in [-0.25, -0.2) is 13.6 Å². The summed E-state index contributed by atoms with van der Waals surface area (Å²) in [4.78, 5) is -0.217. The summed E-state index contributed by atoms with van der Waals surface area (Å²) in [6.45, 7) is 4.00. The van der Waals surface area contributed by atoms with Crippen molar-refractivity contribution in [1.82, 2.24) is 0 Å². The second kappa shape index (κ2) is 5.52. The fraction of sp³-hybridized carbons (Fsp3) is 0.250. The van der Waals surface area contributed by atoms with Gasteiger partial charge in [0.15, 0.2) is 0 Å². The van der Waals surface area contributed by atoms with Crippen molar-refractivity contribution in [3.05, 3.63) is 21.8 Å². The lowest BCUT2D eigenvalue weighted by atomic mass is 10.3. The van der Waals surface area contributed by atoms with E-state index in [0.717, 1.165) is 0 Å². The van der Waals surface area contributed by atoms with Crippen molar-refractivity contribution in [3.63, 3.8) is 0 Å². The van der Waals surface area contributed by atoms with Crippen molar-refractivity contribution in [2.75, 3.05) is 0 Å².